The largest absolute Gasteiger partial charge is 0.480 e. The first kappa shape index (κ1) is 17.6. The zero-order valence-electron chi connectivity index (χ0n) is 14.4. The zero-order valence-corrected chi connectivity index (χ0v) is 14.4. The van der Waals surface area contributed by atoms with E-state index in [2.05, 4.69) is 0 Å². The molecule has 2 fully saturated rings. The molecule has 0 aromatic heterocycles. The lowest BCUT2D eigenvalue weighted by Gasteiger charge is -2.38. The third-order valence-corrected chi connectivity index (χ3v) is 4.92. The van der Waals surface area contributed by atoms with Gasteiger partial charge in [-0.05, 0) is 57.2 Å². The van der Waals surface area contributed by atoms with Gasteiger partial charge in [0, 0.05) is 18.0 Å². The Hall–Kier alpha value is -2.18. The Morgan fingerprint density at radius 2 is 1.84 bits per heavy atom. The van der Waals surface area contributed by atoms with Gasteiger partial charge in [0.15, 0.2) is 0 Å². The van der Waals surface area contributed by atoms with Crippen molar-refractivity contribution in [2.45, 2.75) is 50.7 Å². The summed E-state index contributed by atoms with van der Waals surface area (Å²) in [7, 11) is 0. The number of benzene rings is 1. The summed E-state index contributed by atoms with van der Waals surface area (Å²) >= 11 is 0. The number of amides is 1. The van der Waals surface area contributed by atoms with Crippen molar-refractivity contribution in [1.29, 1.82) is 0 Å². The van der Waals surface area contributed by atoms with Crippen molar-refractivity contribution in [3.8, 4) is 0 Å². The normalized spacial score (nSPS) is 28.3. The number of fused-ring (bicyclic) bond motifs is 1. The molecule has 1 aromatic rings. The highest BCUT2D eigenvalue weighted by atomic mass is 19.1. The molecule has 1 aromatic carbocycles. The molecule has 25 heavy (non-hydrogen) atoms. The van der Waals surface area contributed by atoms with Crippen molar-refractivity contribution in [3.05, 3.63) is 35.4 Å². The lowest BCUT2D eigenvalue weighted by atomic mass is 9.86. The zero-order chi connectivity index (χ0) is 18.6. The van der Waals surface area contributed by atoms with Gasteiger partial charge >= 0.3 is 12.1 Å². The molecule has 0 radical (unpaired) electrons. The minimum Gasteiger partial charge on any atom is -0.480 e. The third kappa shape index (κ3) is 3.32. The number of piperidine rings is 1. The van der Waals surface area contributed by atoms with Gasteiger partial charge in [0.2, 0.25) is 0 Å². The number of carbonyl (C=O) groups is 2. The summed E-state index contributed by atoms with van der Waals surface area (Å²) in [5.41, 5.74) is -0.905. The average Bonchev–Trinajstić information content (AvgIpc) is 3.17. The number of aliphatic carboxylic acids is 1. The number of nitrogens with zero attached hydrogens (tertiary/aromatic N) is 1. The van der Waals surface area contributed by atoms with E-state index in [-0.39, 0.29) is 18.9 Å². The summed E-state index contributed by atoms with van der Waals surface area (Å²) in [6, 6.07) is 2.33. The van der Waals surface area contributed by atoms with Gasteiger partial charge in [0.25, 0.3) is 0 Å². The van der Waals surface area contributed by atoms with Crippen LogP contribution in [0.5, 0.6) is 0 Å². The van der Waals surface area contributed by atoms with Crippen LogP contribution in [-0.4, -0.2) is 40.3 Å². The SMILES string of the molecule is CC(C)(C)OC(=O)N1C[C@@]2(c3cc(F)cc(F)c3)CC2CC1C(=O)O. The fraction of sp³-hybridized carbons (Fsp3) is 0.556. The van der Waals surface area contributed by atoms with E-state index in [1.807, 2.05) is 0 Å². The summed E-state index contributed by atoms with van der Waals surface area (Å²) in [5, 5.41) is 9.47. The smallest absolute Gasteiger partial charge is 0.411 e. The van der Waals surface area contributed by atoms with Gasteiger partial charge in [0.05, 0.1) is 0 Å². The molecule has 7 heteroatoms. The minimum atomic E-state index is -1.10. The van der Waals surface area contributed by atoms with E-state index < -0.39 is 40.8 Å². The summed E-state index contributed by atoms with van der Waals surface area (Å²) < 4.78 is 32.6. The van der Waals surface area contributed by atoms with Crippen molar-refractivity contribution < 1.29 is 28.2 Å². The van der Waals surface area contributed by atoms with Crippen LogP contribution in [0.1, 0.15) is 39.2 Å². The molecule has 1 saturated heterocycles. The third-order valence-electron chi connectivity index (χ3n) is 4.92. The number of halogens is 2. The van der Waals surface area contributed by atoms with E-state index in [0.717, 1.165) is 6.07 Å². The lowest BCUT2D eigenvalue weighted by molar-refractivity contribution is -0.144. The van der Waals surface area contributed by atoms with E-state index in [1.165, 1.54) is 17.0 Å². The number of hydrogen-bond acceptors (Lipinski definition) is 3. The van der Waals surface area contributed by atoms with Gasteiger partial charge in [-0.3, -0.25) is 4.90 Å². The van der Waals surface area contributed by atoms with Crippen LogP contribution in [0.25, 0.3) is 0 Å². The molecule has 5 nitrogen and oxygen atoms in total. The highest BCUT2D eigenvalue weighted by Crippen LogP contribution is 2.60. The molecule has 1 N–H and O–H groups in total. The second kappa shape index (κ2) is 5.68. The molecule has 0 bridgehead atoms. The number of likely N-dealkylation sites (tertiary alicyclic amines) is 1. The van der Waals surface area contributed by atoms with E-state index in [1.54, 1.807) is 20.8 Å². The van der Waals surface area contributed by atoms with Crippen LogP contribution in [0.3, 0.4) is 0 Å². The molecule has 1 saturated carbocycles. The molecule has 1 heterocycles. The summed E-state index contributed by atoms with van der Waals surface area (Å²) in [6.07, 6.45) is 0.118. The summed E-state index contributed by atoms with van der Waals surface area (Å²) in [6.45, 7) is 5.17. The van der Waals surface area contributed by atoms with E-state index in [9.17, 15) is 23.5 Å². The molecule has 2 unspecified atom stereocenters. The Kier molecular flexibility index (Phi) is 4.00. The fourth-order valence-corrected chi connectivity index (χ4v) is 3.73. The van der Waals surface area contributed by atoms with E-state index in [0.29, 0.717) is 12.0 Å². The number of carboxylic acids is 1. The second-order valence-corrected chi connectivity index (χ2v) is 7.91. The van der Waals surface area contributed by atoms with E-state index >= 15 is 0 Å². The van der Waals surface area contributed by atoms with Gasteiger partial charge in [-0.1, -0.05) is 0 Å². The molecular weight excluding hydrogens is 332 g/mol. The number of hydrogen-bond donors (Lipinski definition) is 1. The maximum Gasteiger partial charge on any atom is 0.411 e. The Labute approximate surface area is 144 Å². The molecule has 1 aliphatic heterocycles. The Balaban J connectivity index is 1.91. The van der Waals surface area contributed by atoms with Crippen LogP contribution in [0.4, 0.5) is 13.6 Å². The maximum atomic E-state index is 13.6. The molecular formula is C18H21F2NO4. The van der Waals surface area contributed by atoms with Crippen molar-refractivity contribution >= 4 is 12.1 Å². The van der Waals surface area contributed by atoms with Crippen LogP contribution < -0.4 is 0 Å². The average molecular weight is 353 g/mol. The quantitative estimate of drug-likeness (QED) is 0.886. The molecule has 1 amide bonds. The topological polar surface area (TPSA) is 66.8 Å². The van der Waals surface area contributed by atoms with Gasteiger partial charge in [-0.15, -0.1) is 0 Å². The van der Waals surface area contributed by atoms with Gasteiger partial charge in [-0.2, -0.15) is 0 Å². The first-order valence-corrected chi connectivity index (χ1v) is 8.21. The van der Waals surface area contributed by atoms with Gasteiger partial charge in [0.1, 0.15) is 23.3 Å². The summed E-state index contributed by atoms with van der Waals surface area (Å²) in [5.74, 6) is -2.48. The first-order valence-electron chi connectivity index (χ1n) is 8.21. The lowest BCUT2D eigenvalue weighted by Crippen LogP contribution is -2.53. The molecule has 3 atom stereocenters. The van der Waals surface area contributed by atoms with Crippen LogP contribution in [0, 0.1) is 17.6 Å². The highest BCUT2D eigenvalue weighted by molar-refractivity contribution is 5.81. The Morgan fingerprint density at radius 1 is 1.24 bits per heavy atom. The Morgan fingerprint density at radius 3 is 2.36 bits per heavy atom. The van der Waals surface area contributed by atoms with Crippen molar-refractivity contribution in [2.75, 3.05) is 6.54 Å². The molecule has 0 spiro atoms. The van der Waals surface area contributed by atoms with Crippen LogP contribution in [0.2, 0.25) is 0 Å². The molecule has 136 valence electrons. The van der Waals surface area contributed by atoms with Crippen LogP contribution in [-0.2, 0) is 14.9 Å². The number of carboxylic acid groups (broad SMARTS) is 1. The van der Waals surface area contributed by atoms with Crippen LogP contribution >= 0.6 is 0 Å². The van der Waals surface area contributed by atoms with Gasteiger partial charge in [-0.25, -0.2) is 18.4 Å². The predicted octanol–water partition coefficient (Wildman–Crippen LogP) is 3.32. The van der Waals surface area contributed by atoms with Gasteiger partial charge < -0.3 is 9.84 Å². The fourth-order valence-electron chi connectivity index (χ4n) is 3.73. The Bertz CT molecular complexity index is 710. The molecule has 2 aliphatic rings. The first-order chi connectivity index (χ1) is 11.5. The maximum absolute atomic E-state index is 13.6. The predicted molar refractivity (Wildman–Crippen MR) is 85.1 cm³/mol. The molecule has 1 aliphatic carbocycles. The molecule has 3 rings (SSSR count). The standard InChI is InChI=1S/C18H21F2NO4/c1-17(2,3)25-16(24)21-9-18(8-11(18)6-14(21)15(22)23)10-4-12(19)7-13(20)5-10/h4-5,7,11,14H,6,8-9H2,1-3H3,(H,22,23)/t11?,14?,18-/m1/s1. The monoisotopic (exact) mass is 353 g/mol. The number of rotatable bonds is 2. The van der Waals surface area contributed by atoms with Crippen molar-refractivity contribution in [2.24, 2.45) is 5.92 Å². The second-order valence-electron chi connectivity index (χ2n) is 7.91. The highest BCUT2D eigenvalue weighted by Gasteiger charge is 2.62. The van der Waals surface area contributed by atoms with E-state index in [4.69, 9.17) is 4.74 Å². The number of carbonyl (C=O) groups excluding carboxylic acids is 1. The summed E-state index contributed by atoms with van der Waals surface area (Å²) in [4.78, 5) is 25.3. The minimum absolute atomic E-state index is 0.0199. The van der Waals surface area contributed by atoms with Crippen molar-refractivity contribution in [3.63, 3.8) is 0 Å². The van der Waals surface area contributed by atoms with Crippen molar-refractivity contribution in [1.82, 2.24) is 4.90 Å². The number of ether oxygens (including phenoxy) is 1. The van der Waals surface area contributed by atoms with Crippen LogP contribution in [0.15, 0.2) is 18.2 Å².